The standard InChI is InChI=1S/C16H32O7/c1-15(2)14-22-11-10-20-7-6-18-4-5-19-8-9-21-12-13-23-16(3)17/h15H,4-14H2,1-3H3. The van der Waals surface area contributed by atoms with Crippen molar-refractivity contribution < 1.29 is 33.2 Å². The Hall–Kier alpha value is -0.730. The third-order valence-electron chi connectivity index (χ3n) is 2.47. The molecule has 0 aromatic heterocycles. The van der Waals surface area contributed by atoms with Crippen LogP contribution < -0.4 is 0 Å². The molecule has 23 heavy (non-hydrogen) atoms. The summed E-state index contributed by atoms with van der Waals surface area (Å²) in [7, 11) is 0. The topological polar surface area (TPSA) is 72.5 Å². The summed E-state index contributed by atoms with van der Waals surface area (Å²) in [5.74, 6) is 0.256. The van der Waals surface area contributed by atoms with Crippen LogP contribution in [0.5, 0.6) is 0 Å². The van der Waals surface area contributed by atoms with Crippen molar-refractivity contribution in [1.29, 1.82) is 0 Å². The lowest BCUT2D eigenvalue weighted by molar-refractivity contribution is -0.142. The smallest absolute Gasteiger partial charge is 0.302 e. The fraction of sp³-hybridized carbons (Fsp3) is 0.938. The summed E-state index contributed by atoms with van der Waals surface area (Å²) in [6.45, 7) is 11.4. The van der Waals surface area contributed by atoms with E-state index >= 15 is 0 Å². The van der Waals surface area contributed by atoms with Gasteiger partial charge in [0, 0.05) is 13.5 Å². The second-order valence-electron chi connectivity index (χ2n) is 5.26. The molecule has 0 saturated carbocycles. The van der Waals surface area contributed by atoms with Gasteiger partial charge in [-0.3, -0.25) is 4.79 Å². The molecule has 0 aliphatic rings. The number of hydrogen-bond donors (Lipinski definition) is 0. The van der Waals surface area contributed by atoms with Crippen LogP contribution in [0.25, 0.3) is 0 Å². The molecule has 0 aliphatic heterocycles. The molecule has 0 spiro atoms. The van der Waals surface area contributed by atoms with E-state index in [-0.39, 0.29) is 12.6 Å². The van der Waals surface area contributed by atoms with E-state index in [2.05, 4.69) is 13.8 Å². The molecule has 0 saturated heterocycles. The van der Waals surface area contributed by atoms with E-state index in [0.29, 0.717) is 65.4 Å². The summed E-state index contributed by atoms with van der Waals surface area (Å²) in [5, 5.41) is 0. The normalized spacial score (nSPS) is 11.1. The van der Waals surface area contributed by atoms with Gasteiger partial charge in [0.1, 0.15) is 6.61 Å². The summed E-state index contributed by atoms with van der Waals surface area (Å²) in [5.41, 5.74) is 0. The van der Waals surface area contributed by atoms with Crippen molar-refractivity contribution in [2.24, 2.45) is 5.92 Å². The van der Waals surface area contributed by atoms with Gasteiger partial charge in [-0.2, -0.15) is 0 Å². The van der Waals surface area contributed by atoms with Crippen LogP contribution in [-0.2, 0) is 33.2 Å². The Kier molecular flexibility index (Phi) is 17.1. The van der Waals surface area contributed by atoms with Crippen molar-refractivity contribution in [1.82, 2.24) is 0 Å². The van der Waals surface area contributed by atoms with Gasteiger partial charge in [-0.05, 0) is 5.92 Å². The van der Waals surface area contributed by atoms with Crippen molar-refractivity contribution in [3.05, 3.63) is 0 Å². The predicted molar refractivity (Wildman–Crippen MR) is 85.6 cm³/mol. The Morgan fingerprint density at radius 2 is 1.00 bits per heavy atom. The highest BCUT2D eigenvalue weighted by Gasteiger charge is 1.95. The van der Waals surface area contributed by atoms with E-state index in [1.807, 2.05) is 0 Å². The highest BCUT2D eigenvalue weighted by molar-refractivity contribution is 5.65. The predicted octanol–water partition coefficient (Wildman–Crippen LogP) is 1.29. The minimum atomic E-state index is -0.297. The molecular weight excluding hydrogens is 304 g/mol. The lowest BCUT2D eigenvalue weighted by Crippen LogP contribution is -2.14. The average Bonchev–Trinajstić information content (AvgIpc) is 2.49. The molecule has 0 rings (SSSR count). The van der Waals surface area contributed by atoms with Crippen molar-refractivity contribution in [2.75, 3.05) is 72.7 Å². The third-order valence-corrected chi connectivity index (χ3v) is 2.47. The van der Waals surface area contributed by atoms with Gasteiger partial charge in [0.05, 0.1) is 59.5 Å². The summed E-state index contributed by atoms with van der Waals surface area (Å²) >= 11 is 0. The number of ether oxygens (including phenoxy) is 6. The molecule has 0 heterocycles. The molecule has 0 fully saturated rings. The Balaban J connectivity index is 2.99. The minimum absolute atomic E-state index is 0.279. The molecule has 138 valence electrons. The van der Waals surface area contributed by atoms with Crippen LogP contribution in [0.3, 0.4) is 0 Å². The Morgan fingerprint density at radius 3 is 1.35 bits per heavy atom. The lowest BCUT2D eigenvalue weighted by atomic mass is 10.2. The van der Waals surface area contributed by atoms with Crippen molar-refractivity contribution in [3.63, 3.8) is 0 Å². The molecule has 7 heteroatoms. The van der Waals surface area contributed by atoms with Gasteiger partial charge in [0.25, 0.3) is 0 Å². The van der Waals surface area contributed by atoms with E-state index < -0.39 is 0 Å². The van der Waals surface area contributed by atoms with Gasteiger partial charge in [-0.25, -0.2) is 0 Å². The van der Waals surface area contributed by atoms with Crippen LogP contribution in [0, 0.1) is 5.92 Å². The fourth-order valence-electron chi connectivity index (χ4n) is 1.44. The van der Waals surface area contributed by atoms with Crippen molar-refractivity contribution in [2.45, 2.75) is 20.8 Å². The van der Waals surface area contributed by atoms with Crippen molar-refractivity contribution in [3.8, 4) is 0 Å². The number of rotatable bonds is 17. The van der Waals surface area contributed by atoms with E-state index in [9.17, 15) is 4.79 Å². The van der Waals surface area contributed by atoms with Crippen LogP contribution >= 0.6 is 0 Å². The van der Waals surface area contributed by atoms with Gasteiger partial charge >= 0.3 is 5.97 Å². The SMILES string of the molecule is CC(=O)OCCOCCOCCOCCOCCOCC(C)C. The van der Waals surface area contributed by atoms with Gasteiger partial charge in [-0.1, -0.05) is 13.8 Å². The Bertz CT molecular complexity index is 259. The maximum atomic E-state index is 10.5. The second-order valence-corrected chi connectivity index (χ2v) is 5.26. The Labute approximate surface area is 139 Å². The zero-order valence-electron chi connectivity index (χ0n) is 14.7. The molecule has 0 amide bonds. The summed E-state index contributed by atoms with van der Waals surface area (Å²) in [4.78, 5) is 10.5. The van der Waals surface area contributed by atoms with Crippen LogP contribution in [0.2, 0.25) is 0 Å². The molecular formula is C16H32O7. The number of carbonyl (C=O) groups excluding carboxylic acids is 1. The molecule has 0 N–H and O–H groups in total. The van der Waals surface area contributed by atoms with Gasteiger partial charge in [0.15, 0.2) is 0 Å². The molecule has 0 aliphatic carbocycles. The van der Waals surface area contributed by atoms with E-state index in [1.165, 1.54) is 6.92 Å². The largest absolute Gasteiger partial charge is 0.463 e. The summed E-state index contributed by atoms with van der Waals surface area (Å²) in [6, 6.07) is 0. The lowest BCUT2D eigenvalue weighted by Gasteiger charge is -2.08. The zero-order chi connectivity index (χ0) is 17.2. The maximum absolute atomic E-state index is 10.5. The zero-order valence-corrected chi connectivity index (χ0v) is 14.7. The van der Waals surface area contributed by atoms with Crippen LogP contribution in [0.4, 0.5) is 0 Å². The molecule has 0 radical (unpaired) electrons. The van der Waals surface area contributed by atoms with E-state index in [4.69, 9.17) is 28.4 Å². The Morgan fingerprint density at radius 1 is 0.652 bits per heavy atom. The number of carbonyl (C=O) groups is 1. The molecule has 0 aromatic carbocycles. The second kappa shape index (κ2) is 17.6. The third kappa shape index (κ3) is 21.3. The molecule has 7 nitrogen and oxygen atoms in total. The van der Waals surface area contributed by atoms with Gasteiger partial charge < -0.3 is 28.4 Å². The summed E-state index contributed by atoms with van der Waals surface area (Å²) < 4.78 is 31.4. The maximum Gasteiger partial charge on any atom is 0.302 e. The van der Waals surface area contributed by atoms with E-state index in [1.54, 1.807) is 0 Å². The first kappa shape index (κ1) is 22.3. The first-order chi connectivity index (χ1) is 11.1. The fourth-order valence-corrected chi connectivity index (χ4v) is 1.44. The highest BCUT2D eigenvalue weighted by Crippen LogP contribution is 1.91. The number of hydrogen-bond acceptors (Lipinski definition) is 7. The van der Waals surface area contributed by atoms with Crippen LogP contribution in [-0.4, -0.2) is 78.6 Å². The molecule has 0 unspecified atom stereocenters. The van der Waals surface area contributed by atoms with Crippen molar-refractivity contribution >= 4 is 5.97 Å². The first-order valence-corrected chi connectivity index (χ1v) is 8.15. The minimum Gasteiger partial charge on any atom is -0.463 e. The van der Waals surface area contributed by atoms with Crippen LogP contribution in [0.1, 0.15) is 20.8 Å². The van der Waals surface area contributed by atoms with Gasteiger partial charge in [-0.15, -0.1) is 0 Å². The highest BCUT2D eigenvalue weighted by atomic mass is 16.6. The van der Waals surface area contributed by atoms with Gasteiger partial charge in [0.2, 0.25) is 0 Å². The first-order valence-electron chi connectivity index (χ1n) is 8.15. The molecule has 0 atom stereocenters. The molecule has 0 bridgehead atoms. The quantitative estimate of drug-likeness (QED) is 0.293. The van der Waals surface area contributed by atoms with E-state index in [0.717, 1.165) is 6.61 Å². The van der Waals surface area contributed by atoms with Crippen LogP contribution in [0.15, 0.2) is 0 Å². The molecule has 0 aromatic rings. The summed E-state index contributed by atoms with van der Waals surface area (Å²) in [6.07, 6.45) is 0. The average molecular weight is 336 g/mol. The monoisotopic (exact) mass is 336 g/mol. The number of esters is 1.